The predicted octanol–water partition coefficient (Wildman–Crippen LogP) is 3.79. The van der Waals surface area contributed by atoms with Crippen LogP contribution >= 0.6 is 0 Å². The molecule has 0 aliphatic heterocycles. The van der Waals surface area contributed by atoms with E-state index in [4.69, 9.17) is 14.2 Å². The van der Waals surface area contributed by atoms with Crippen LogP contribution in [0.3, 0.4) is 0 Å². The first-order chi connectivity index (χ1) is 12.8. The van der Waals surface area contributed by atoms with Crippen molar-refractivity contribution in [3.63, 3.8) is 0 Å². The Labute approximate surface area is 156 Å². The molecule has 26 heavy (non-hydrogen) atoms. The molecule has 0 spiro atoms. The quantitative estimate of drug-likeness (QED) is 0.554. The van der Waals surface area contributed by atoms with Crippen LogP contribution in [0.1, 0.15) is 30.6 Å². The van der Waals surface area contributed by atoms with Crippen LogP contribution in [0.25, 0.3) is 0 Å². The molecular weight excluding hydrogens is 328 g/mol. The molecule has 142 valence electrons. The standard InChI is InChI=1S/C22H30O4/c1-19(23)17-25-15-16-26-22(21-12-6-3-7-13-21)18-24-14-8-11-20-9-4-2-5-10-20/h2-7,9-10,12-13,19,22-23H,8,11,14-18H2,1H3. The Bertz CT molecular complexity index is 571. The lowest BCUT2D eigenvalue weighted by atomic mass is 10.1. The van der Waals surface area contributed by atoms with E-state index in [1.807, 2.05) is 24.3 Å². The van der Waals surface area contributed by atoms with E-state index in [1.54, 1.807) is 6.92 Å². The van der Waals surface area contributed by atoms with Crippen LogP contribution in [0.5, 0.6) is 0 Å². The summed E-state index contributed by atoms with van der Waals surface area (Å²) in [6, 6.07) is 20.6. The molecule has 1 N–H and O–H groups in total. The summed E-state index contributed by atoms with van der Waals surface area (Å²) in [4.78, 5) is 0. The predicted molar refractivity (Wildman–Crippen MR) is 103 cm³/mol. The third-order valence-electron chi connectivity index (χ3n) is 3.94. The van der Waals surface area contributed by atoms with Crippen molar-refractivity contribution >= 4 is 0 Å². The number of ether oxygens (including phenoxy) is 3. The van der Waals surface area contributed by atoms with Gasteiger partial charge in [0.25, 0.3) is 0 Å². The summed E-state index contributed by atoms with van der Waals surface area (Å²) in [5.74, 6) is 0. The molecule has 0 saturated heterocycles. The lowest BCUT2D eigenvalue weighted by molar-refractivity contribution is -0.0480. The SMILES string of the molecule is CC(O)COCCOC(COCCCc1ccccc1)c1ccccc1. The van der Waals surface area contributed by atoms with Crippen molar-refractivity contribution in [2.24, 2.45) is 0 Å². The van der Waals surface area contributed by atoms with E-state index >= 15 is 0 Å². The van der Waals surface area contributed by atoms with Gasteiger partial charge in [0.2, 0.25) is 0 Å². The van der Waals surface area contributed by atoms with Gasteiger partial charge in [-0.15, -0.1) is 0 Å². The van der Waals surface area contributed by atoms with E-state index < -0.39 is 6.10 Å². The van der Waals surface area contributed by atoms with Gasteiger partial charge in [-0.25, -0.2) is 0 Å². The molecule has 4 heteroatoms. The Morgan fingerprint density at radius 3 is 2.15 bits per heavy atom. The van der Waals surface area contributed by atoms with Crippen LogP contribution in [0.4, 0.5) is 0 Å². The van der Waals surface area contributed by atoms with E-state index in [0.717, 1.165) is 18.4 Å². The first-order valence-corrected chi connectivity index (χ1v) is 9.29. The highest BCUT2D eigenvalue weighted by atomic mass is 16.6. The first kappa shape index (κ1) is 20.6. The van der Waals surface area contributed by atoms with Gasteiger partial charge < -0.3 is 19.3 Å². The fourth-order valence-corrected chi connectivity index (χ4v) is 2.62. The first-order valence-electron chi connectivity index (χ1n) is 9.29. The zero-order valence-electron chi connectivity index (χ0n) is 15.5. The fourth-order valence-electron chi connectivity index (χ4n) is 2.62. The lowest BCUT2D eigenvalue weighted by Gasteiger charge is -2.19. The van der Waals surface area contributed by atoms with Crippen molar-refractivity contribution < 1.29 is 19.3 Å². The van der Waals surface area contributed by atoms with Crippen LogP contribution in [-0.2, 0) is 20.6 Å². The van der Waals surface area contributed by atoms with Crippen molar-refractivity contribution in [2.45, 2.75) is 32.0 Å². The van der Waals surface area contributed by atoms with Crippen LogP contribution in [0.2, 0.25) is 0 Å². The van der Waals surface area contributed by atoms with Crippen molar-refractivity contribution in [2.75, 3.05) is 33.0 Å². The Morgan fingerprint density at radius 2 is 1.46 bits per heavy atom. The summed E-state index contributed by atoms with van der Waals surface area (Å²) in [6.45, 7) is 4.20. The second-order valence-electron chi connectivity index (χ2n) is 6.36. The van der Waals surface area contributed by atoms with Crippen LogP contribution in [-0.4, -0.2) is 44.2 Å². The fraction of sp³-hybridized carbons (Fsp3) is 0.455. The molecule has 2 rings (SSSR count). The zero-order chi connectivity index (χ0) is 18.5. The van der Waals surface area contributed by atoms with E-state index in [9.17, 15) is 5.11 Å². The molecule has 0 saturated carbocycles. The van der Waals surface area contributed by atoms with Crippen LogP contribution in [0, 0.1) is 0 Å². The largest absolute Gasteiger partial charge is 0.391 e. The third kappa shape index (κ3) is 8.59. The van der Waals surface area contributed by atoms with Crippen molar-refractivity contribution in [1.82, 2.24) is 0 Å². The maximum absolute atomic E-state index is 9.20. The number of aliphatic hydroxyl groups is 1. The molecule has 0 aromatic heterocycles. The van der Waals surface area contributed by atoms with Gasteiger partial charge in [-0.1, -0.05) is 60.7 Å². The molecule has 0 amide bonds. The number of rotatable bonds is 13. The van der Waals surface area contributed by atoms with E-state index in [-0.39, 0.29) is 6.10 Å². The summed E-state index contributed by atoms with van der Waals surface area (Å²) in [6.07, 6.45) is 1.45. The number of hydrogen-bond acceptors (Lipinski definition) is 4. The molecule has 0 fully saturated rings. The second kappa shape index (κ2) is 12.6. The summed E-state index contributed by atoms with van der Waals surface area (Å²) in [7, 11) is 0. The maximum Gasteiger partial charge on any atom is 0.106 e. The molecule has 2 unspecified atom stereocenters. The Balaban J connectivity index is 1.70. The lowest BCUT2D eigenvalue weighted by Crippen LogP contribution is -2.18. The smallest absolute Gasteiger partial charge is 0.106 e. The number of benzene rings is 2. The molecule has 0 aliphatic rings. The second-order valence-corrected chi connectivity index (χ2v) is 6.36. The molecule has 0 heterocycles. The van der Waals surface area contributed by atoms with Gasteiger partial charge in [0.05, 0.1) is 32.5 Å². The minimum Gasteiger partial charge on any atom is -0.391 e. The Kier molecular flexibility index (Phi) is 9.98. The summed E-state index contributed by atoms with van der Waals surface area (Å²) < 4.78 is 17.2. The molecule has 0 radical (unpaired) electrons. The van der Waals surface area contributed by atoms with Crippen molar-refractivity contribution in [3.8, 4) is 0 Å². The van der Waals surface area contributed by atoms with E-state index in [0.29, 0.717) is 33.0 Å². The number of hydrogen-bond donors (Lipinski definition) is 1. The average Bonchev–Trinajstić information content (AvgIpc) is 2.67. The average molecular weight is 358 g/mol. The normalized spacial score (nSPS) is 13.5. The van der Waals surface area contributed by atoms with Gasteiger partial charge in [-0.3, -0.25) is 0 Å². The maximum atomic E-state index is 9.20. The topological polar surface area (TPSA) is 47.9 Å². The summed E-state index contributed by atoms with van der Waals surface area (Å²) >= 11 is 0. The van der Waals surface area contributed by atoms with Gasteiger partial charge in [-0.05, 0) is 30.9 Å². The molecule has 2 aromatic rings. The molecule has 4 nitrogen and oxygen atoms in total. The number of aliphatic hydroxyl groups excluding tert-OH is 1. The Hall–Kier alpha value is -1.72. The van der Waals surface area contributed by atoms with Gasteiger partial charge in [-0.2, -0.15) is 0 Å². The number of aryl methyl sites for hydroxylation is 1. The molecule has 2 atom stereocenters. The van der Waals surface area contributed by atoms with Crippen molar-refractivity contribution in [1.29, 1.82) is 0 Å². The highest BCUT2D eigenvalue weighted by Crippen LogP contribution is 2.17. The summed E-state index contributed by atoms with van der Waals surface area (Å²) in [5.41, 5.74) is 2.44. The zero-order valence-corrected chi connectivity index (χ0v) is 15.5. The molecule has 0 aliphatic carbocycles. The minimum absolute atomic E-state index is 0.108. The van der Waals surface area contributed by atoms with E-state index in [1.165, 1.54) is 5.56 Å². The monoisotopic (exact) mass is 358 g/mol. The highest BCUT2D eigenvalue weighted by Gasteiger charge is 2.12. The van der Waals surface area contributed by atoms with Gasteiger partial charge in [0.1, 0.15) is 6.10 Å². The molecule has 2 aromatic carbocycles. The van der Waals surface area contributed by atoms with E-state index in [2.05, 4.69) is 36.4 Å². The Morgan fingerprint density at radius 1 is 0.808 bits per heavy atom. The summed E-state index contributed by atoms with van der Waals surface area (Å²) in [5, 5.41) is 9.20. The van der Waals surface area contributed by atoms with Crippen molar-refractivity contribution in [3.05, 3.63) is 71.8 Å². The van der Waals surface area contributed by atoms with Crippen LogP contribution in [0.15, 0.2) is 60.7 Å². The molecule has 0 bridgehead atoms. The third-order valence-corrected chi connectivity index (χ3v) is 3.94. The molecular formula is C22H30O4. The highest BCUT2D eigenvalue weighted by molar-refractivity contribution is 5.17. The van der Waals surface area contributed by atoms with Gasteiger partial charge >= 0.3 is 0 Å². The van der Waals surface area contributed by atoms with Gasteiger partial charge in [0.15, 0.2) is 0 Å². The minimum atomic E-state index is -0.451. The van der Waals surface area contributed by atoms with Crippen LogP contribution < -0.4 is 0 Å². The van der Waals surface area contributed by atoms with Gasteiger partial charge in [0, 0.05) is 6.61 Å².